The zero-order valence-corrected chi connectivity index (χ0v) is 14.6. The number of carbonyl (C=O) groups is 2. The van der Waals surface area contributed by atoms with Crippen LogP contribution in [0.5, 0.6) is 0 Å². The third-order valence-electron chi connectivity index (χ3n) is 3.83. The van der Waals surface area contributed by atoms with Crippen LogP contribution in [0.1, 0.15) is 19.8 Å². The van der Waals surface area contributed by atoms with Crippen LogP contribution in [-0.2, 0) is 19.4 Å². The maximum atomic E-state index is 13.1. The molecule has 0 unspecified atom stereocenters. The Kier molecular flexibility index (Phi) is 4.56. The average Bonchev–Trinajstić information content (AvgIpc) is 3.03. The Morgan fingerprint density at radius 1 is 1.19 bits per heavy atom. The summed E-state index contributed by atoms with van der Waals surface area (Å²) in [5.74, 6) is -1.73. The molecule has 0 bridgehead atoms. The van der Waals surface area contributed by atoms with E-state index < -0.39 is 20.7 Å². The van der Waals surface area contributed by atoms with E-state index in [1.165, 1.54) is 18.2 Å². The minimum Gasteiger partial charge on any atom is -0.478 e. The molecular weight excluding hydrogens is 358 g/mol. The second-order valence-corrected chi connectivity index (χ2v) is 7.41. The first-order valence-corrected chi connectivity index (χ1v) is 9.27. The maximum Gasteiger partial charge on any atom is 0.333 e. The Bertz CT molecular complexity index is 1020. The molecule has 1 amide bonds. The molecule has 1 heterocycles. The second-order valence-electron chi connectivity index (χ2n) is 5.52. The number of nitrogens with one attached hydrogen (secondary N) is 1. The van der Waals surface area contributed by atoms with Crippen molar-refractivity contribution in [2.24, 2.45) is 9.98 Å². The van der Waals surface area contributed by atoms with E-state index in [1.807, 2.05) is 0 Å². The van der Waals surface area contributed by atoms with E-state index in [2.05, 4.69) is 15.3 Å². The zero-order chi connectivity index (χ0) is 18.9. The molecule has 0 radical (unpaired) electrons. The van der Waals surface area contributed by atoms with E-state index in [4.69, 9.17) is 0 Å². The molecule has 1 aliphatic carbocycles. The smallest absolute Gasteiger partial charge is 0.333 e. The molecule has 8 nitrogen and oxygen atoms in total. The van der Waals surface area contributed by atoms with E-state index in [1.54, 1.807) is 25.1 Å². The first kappa shape index (κ1) is 17.7. The Labute approximate surface area is 149 Å². The van der Waals surface area contributed by atoms with Gasteiger partial charge in [0, 0.05) is 12.8 Å². The lowest BCUT2D eigenvalue weighted by atomic mass is 10.0. The second kappa shape index (κ2) is 6.68. The quantitative estimate of drug-likeness (QED) is 0.826. The third kappa shape index (κ3) is 3.08. The van der Waals surface area contributed by atoms with Gasteiger partial charge in [0.15, 0.2) is 0 Å². The summed E-state index contributed by atoms with van der Waals surface area (Å²) in [5, 5.41) is 11.9. The number of carboxylic acids is 1. The van der Waals surface area contributed by atoms with E-state index >= 15 is 0 Å². The minimum atomic E-state index is -4.13. The number of carboxylic acid groups (broad SMARTS) is 1. The lowest BCUT2D eigenvalue weighted by molar-refractivity contribution is -0.132. The molecule has 1 aromatic carbocycles. The van der Waals surface area contributed by atoms with Crippen molar-refractivity contribution < 1.29 is 23.1 Å². The van der Waals surface area contributed by atoms with E-state index in [9.17, 15) is 23.1 Å². The number of sulfone groups is 1. The van der Waals surface area contributed by atoms with Crippen LogP contribution in [0, 0.1) is 0 Å². The van der Waals surface area contributed by atoms with Gasteiger partial charge in [-0.05, 0) is 12.1 Å². The number of hydrogen-bond acceptors (Lipinski definition) is 6. The SMILES string of the molecule is CCC(=O)NC1=NC2=CCC(C(=O)O)=C(S(=O)(=O)c3ccccc3)C2=N1. The summed E-state index contributed by atoms with van der Waals surface area (Å²) in [7, 11) is -4.13. The Balaban J connectivity index is 2.13. The van der Waals surface area contributed by atoms with Crippen molar-refractivity contribution in [2.45, 2.75) is 24.7 Å². The molecule has 0 saturated heterocycles. The van der Waals surface area contributed by atoms with Gasteiger partial charge in [-0.25, -0.2) is 23.2 Å². The summed E-state index contributed by atoms with van der Waals surface area (Å²) in [6, 6.07) is 7.53. The van der Waals surface area contributed by atoms with E-state index in [-0.39, 0.29) is 46.6 Å². The van der Waals surface area contributed by atoms with Gasteiger partial charge in [-0.15, -0.1) is 0 Å². The van der Waals surface area contributed by atoms with Crippen LogP contribution in [0.4, 0.5) is 0 Å². The molecule has 134 valence electrons. The molecule has 0 saturated carbocycles. The fourth-order valence-electron chi connectivity index (χ4n) is 2.56. The van der Waals surface area contributed by atoms with Crippen molar-refractivity contribution in [1.82, 2.24) is 5.32 Å². The monoisotopic (exact) mass is 373 g/mol. The van der Waals surface area contributed by atoms with Crippen LogP contribution in [0.3, 0.4) is 0 Å². The van der Waals surface area contributed by atoms with Crippen molar-refractivity contribution in [2.75, 3.05) is 0 Å². The molecule has 0 fully saturated rings. The number of benzene rings is 1. The van der Waals surface area contributed by atoms with Crippen LogP contribution in [0.25, 0.3) is 0 Å². The highest BCUT2D eigenvalue weighted by atomic mass is 32.2. The number of nitrogens with zero attached hydrogens (tertiary/aromatic N) is 2. The van der Waals surface area contributed by atoms with Crippen molar-refractivity contribution in [3.63, 3.8) is 0 Å². The van der Waals surface area contributed by atoms with Crippen LogP contribution in [0.15, 0.2) is 67.5 Å². The summed E-state index contributed by atoms with van der Waals surface area (Å²) >= 11 is 0. The molecule has 9 heteroatoms. The lowest BCUT2D eigenvalue weighted by Gasteiger charge is -2.16. The standard InChI is InChI=1S/C17H15N3O5S/c1-2-13(21)19-17-18-12-9-8-11(16(22)23)15(14(12)20-17)26(24,25)10-6-4-3-5-7-10/h3-7,9H,2,8H2,1H3,(H,22,23)(H,18,19,21). The van der Waals surface area contributed by atoms with Gasteiger partial charge < -0.3 is 5.11 Å². The first-order valence-electron chi connectivity index (χ1n) is 7.79. The highest BCUT2D eigenvalue weighted by molar-refractivity contribution is 7.96. The molecule has 2 N–H and O–H groups in total. The van der Waals surface area contributed by atoms with Crippen molar-refractivity contribution >= 4 is 33.4 Å². The summed E-state index contributed by atoms with van der Waals surface area (Å²) in [6.07, 6.45) is 1.58. The maximum absolute atomic E-state index is 13.1. The molecule has 26 heavy (non-hydrogen) atoms. The van der Waals surface area contributed by atoms with Gasteiger partial charge >= 0.3 is 5.97 Å². The lowest BCUT2D eigenvalue weighted by Crippen LogP contribution is -2.27. The minimum absolute atomic E-state index is 0.0382. The van der Waals surface area contributed by atoms with Gasteiger partial charge in [-0.2, -0.15) is 0 Å². The zero-order valence-electron chi connectivity index (χ0n) is 13.8. The summed E-state index contributed by atoms with van der Waals surface area (Å²) in [5.41, 5.74) is -0.116. The predicted octanol–water partition coefficient (Wildman–Crippen LogP) is 1.42. The van der Waals surface area contributed by atoms with Gasteiger partial charge in [-0.3, -0.25) is 10.1 Å². The summed E-state index contributed by atoms with van der Waals surface area (Å²) < 4.78 is 26.1. The fraction of sp³-hybridized carbons (Fsp3) is 0.176. The van der Waals surface area contributed by atoms with Crippen LogP contribution >= 0.6 is 0 Å². The molecule has 0 aromatic heterocycles. The molecule has 1 aliphatic heterocycles. The van der Waals surface area contributed by atoms with Crippen molar-refractivity contribution in [1.29, 1.82) is 0 Å². The number of fused-ring (bicyclic) bond motifs is 1. The van der Waals surface area contributed by atoms with Crippen molar-refractivity contribution in [3.05, 3.63) is 52.6 Å². The fourth-order valence-corrected chi connectivity index (χ4v) is 4.21. The van der Waals surface area contributed by atoms with Gasteiger partial charge in [0.25, 0.3) is 0 Å². The van der Waals surface area contributed by atoms with Gasteiger partial charge in [0.1, 0.15) is 10.6 Å². The first-order chi connectivity index (χ1) is 12.3. The number of rotatable bonds is 4. The largest absolute Gasteiger partial charge is 0.478 e. The summed E-state index contributed by atoms with van der Waals surface area (Å²) in [6.45, 7) is 1.65. The number of aliphatic carboxylic acids is 1. The number of allylic oxidation sites excluding steroid dienone is 2. The normalized spacial score (nSPS) is 16.4. The third-order valence-corrected chi connectivity index (χ3v) is 5.70. The Hall–Kier alpha value is -3.07. The van der Waals surface area contributed by atoms with E-state index in [0.29, 0.717) is 0 Å². The molecule has 2 aliphatic rings. The molecular formula is C17H15N3O5S. The Morgan fingerprint density at radius 3 is 2.50 bits per heavy atom. The average molecular weight is 373 g/mol. The van der Waals surface area contributed by atoms with Crippen molar-refractivity contribution in [3.8, 4) is 0 Å². The molecule has 0 atom stereocenters. The predicted molar refractivity (Wildman–Crippen MR) is 94.3 cm³/mol. The molecule has 0 spiro atoms. The van der Waals surface area contributed by atoms with Gasteiger partial charge in [-0.1, -0.05) is 31.2 Å². The highest BCUT2D eigenvalue weighted by Gasteiger charge is 2.37. The summed E-state index contributed by atoms with van der Waals surface area (Å²) in [4.78, 5) is 30.9. The molecule has 3 rings (SSSR count). The number of guanidine groups is 1. The molecule has 1 aromatic rings. The number of carbonyl (C=O) groups excluding carboxylic acids is 1. The van der Waals surface area contributed by atoms with Crippen LogP contribution < -0.4 is 5.32 Å². The number of hydrogen-bond donors (Lipinski definition) is 2. The van der Waals surface area contributed by atoms with Gasteiger partial charge in [0.2, 0.25) is 21.7 Å². The van der Waals surface area contributed by atoms with Gasteiger partial charge in [0.05, 0.1) is 16.2 Å². The highest BCUT2D eigenvalue weighted by Crippen LogP contribution is 2.33. The Morgan fingerprint density at radius 2 is 1.88 bits per heavy atom. The topological polar surface area (TPSA) is 125 Å². The van der Waals surface area contributed by atoms with Crippen LogP contribution in [0.2, 0.25) is 0 Å². The van der Waals surface area contributed by atoms with E-state index in [0.717, 1.165) is 0 Å². The number of aliphatic imine (C=N–C) groups is 2. The number of amides is 1. The van der Waals surface area contributed by atoms with Crippen LogP contribution in [-0.4, -0.2) is 37.1 Å².